The molecule has 0 atom stereocenters. The van der Waals surface area contributed by atoms with Gasteiger partial charge in [-0.2, -0.15) is 0 Å². The normalized spacial score (nSPS) is 11.2. The van der Waals surface area contributed by atoms with Crippen LogP contribution in [0.3, 0.4) is 0 Å². The average molecular weight is 249 g/mol. The number of hydrogen-bond acceptors (Lipinski definition) is 4. The third-order valence-corrected chi connectivity index (χ3v) is 2.53. The Labute approximate surface area is 108 Å². The first-order valence-corrected chi connectivity index (χ1v) is 5.74. The molecule has 0 aliphatic rings. The second-order valence-electron chi connectivity index (χ2n) is 3.85. The summed E-state index contributed by atoms with van der Waals surface area (Å²) in [7, 11) is 3.04. The lowest BCUT2D eigenvalue weighted by molar-refractivity contribution is -0.136. The number of anilines is 1. The molecule has 1 aromatic carbocycles. The summed E-state index contributed by atoms with van der Waals surface area (Å²) in [6, 6.07) is 7.91. The van der Waals surface area contributed by atoms with Crippen LogP contribution in [-0.2, 0) is 20.9 Å². The highest BCUT2D eigenvalue weighted by molar-refractivity contribution is 5.87. The van der Waals surface area contributed by atoms with Crippen LogP contribution < -0.4 is 5.32 Å². The fraction of sp³-hybridized carbons (Fsp3) is 0.357. The summed E-state index contributed by atoms with van der Waals surface area (Å²) in [6.07, 6.45) is 1.80. The summed E-state index contributed by atoms with van der Waals surface area (Å²) >= 11 is 0. The fourth-order valence-electron chi connectivity index (χ4n) is 1.53. The van der Waals surface area contributed by atoms with Gasteiger partial charge in [-0.05, 0) is 13.0 Å². The van der Waals surface area contributed by atoms with Crippen LogP contribution >= 0.6 is 0 Å². The van der Waals surface area contributed by atoms with Crippen LogP contribution in [0.15, 0.2) is 35.9 Å². The molecule has 0 aliphatic carbocycles. The van der Waals surface area contributed by atoms with Gasteiger partial charge in [0.2, 0.25) is 0 Å². The molecule has 1 N–H and O–H groups in total. The number of carbonyl (C=O) groups is 1. The maximum Gasteiger partial charge on any atom is 0.333 e. The molecule has 0 saturated heterocycles. The van der Waals surface area contributed by atoms with Crippen LogP contribution in [0.2, 0.25) is 0 Å². The minimum absolute atomic E-state index is 0.304. The average Bonchev–Trinajstić information content (AvgIpc) is 2.40. The highest BCUT2D eigenvalue weighted by Gasteiger charge is 2.03. The van der Waals surface area contributed by atoms with E-state index >= 15 is 0 Å². The molecule has 0 bridgehead atoms. The molecule has 0 fully saturated rings. The molecule has 98 valence electrons. The van der Waals surface area contributed by atoms with Crippen LogP contribution in [0, 0.1) is 0 Å². The number of nitrogens with one attached hydrogen (secondary N) is 1. The predicted octanol–water partition coefficient (Wildman–Crippen LogP) is 2.36. The number of carbonyl (C=O) groups excluding carboxylic acids is 1. The molecule has 0 aliphatic heterocycles. The molecule has 0 saturated carbocycles. The molecule has 1 rings (SSSR count). The van der Waals surface area contributed by atoms with E-state index in [1.807, 2.05) is 24.3 Å². The second kappa shape index (κ2) is 7.50. The number of para-hydroxylation sites is 1. The van der Waals surface area contributed by atoms with Gasteiger partial charge in [0.25, 0.3) is 0 Å². The molecule has 1 aromatic rings. The van der Waals surface area contributed by atoms with Crippen molar-refractivity contribution in [2.75, 3.05) is 26.1 Å². The SMILES string of the molecule is COCc1ccccc1NC/C=C(/C)C(=O)OC. The standard InChI is InChI=1S/C14H19NO3/c1-11(14(16)18-3)8-9-15-13-7-5-4-6-12(13)10-17-2/h4-8,15H,9-10H2,1-3H3/b11-8-. The minimum Gasteiger partial charge on any atom is -0.466 e. The van der Waals surface area contributed by atoms with E-state index in [1.54, 1.807) is 20.1 Å². The van der Waals surface area contributed by atoms with Gasteiger partial charge in [0.15, 0.2) is 0 Å². The highest BCUT2D eigenvalue weighted by Crippen LogP contribution is 2.15. The summed E-state index contributed by atoms with van der Waals surface area (Å²) < 4.78 is 9.74. The van der Waals surface area contributed by atoms with Crippen LogP contribution in [0.25, 0.3) is 0 Å². The van der Waals surface area contributed by atoms with Gasteiger partial charge in [-0.1, -0.05) is 24.3 Å². The van der Waals surface area contributed by atoms with Crippen molar-refractivity contribution in [3.8, 4) is 0 Å². The third-order valence-electron chi connectivity index (χ3n) is 2.53. The fourth-order valence-corrected chi connectivity index (χ4v) is 1.53. The van der Waals surface area contributed by atoms with Crippen molar-refractivity contribution in [2.45, 2.75) is 13.5 Å². The summed E-state index contributed by atoms with van der Waals surface area (Å²) in [6.45, 7) is 2.86. The molecular weight excluding hydrogens is 230 g/mol. The number of hydrogen-bond donors (Lipinski definition) is 1. The van der Waals surface area contributed by atoms with Crippen molar-refractivity contribution in [1.29, 1.82) is 0 Å². The van der Waals surface area contributed by atoms with Crippen molar-refractivity contribution in [1.82, 2.24) is 0 Å². The lowest BCUT2D eigenvalue weighted by atomic mass is 10.2. The topological polar surface area (TPSA) is 47.6 Å². The van der Waals surface area contributed by atoms with Crippen molar-refractivity contribution in [3.63, 3.8) is 0 Å². The Hall–Kier alpha value is -1.81. The van der Waals surface area contributed by atoms with E-state index in [1.165, 1.54) is 7.11 Å². The molecule has 18 heavy (non-hydrogen) atoms. The van der Waals surface area contributed by atoms with E-state index < -0.39 is 0 Å². The van der Waals surface area contributed by atoms with Gasteiger partial charge in [0, 0.05) is 30.5 Å². The molecule has 4 heteroatoms. The number of esters is 1. The van der Waals surface area contributed by atoms with Crippen LogP contribution in [0.5, 0.6) is 0 Å². The smallest absolute Gasteiger partial charge is 0.333 e. The van der Waals surface area contributed by atoms with Crippen molar-refractivity contribution >= 4 is 11.7 Å². The van der Waals surface area contributed by atoms with E-state index in [0.29, 0.717) is 18.7 Å². The summed E-state index contributed by atoms with van der Waals surface area (Å²) in [4.78, 5) is 11.2. The maximum absolute atomic E-state index is 11.2. The Balaban J connectivity index is 2.61. The van der Waals surface area contributed by atoms with Gasteiger partial charge < -0.3 is 14.8 Å². The molecule has 0 spiro atoms. The van der Waals surface area contributed by atoms with E-state index in [0.717, 1.165) is 11.3 Å². The van der Waals surface area contributed by atoms with Crippen LogP contribution in [0.4, 0.5) is 5.69 Å². The van der Waals surface area contributed by atoms with Gasteiger partial charge in [0.1, 0.15) is 0 Å². The van der Waals surface area contributed by atoms with Gasteiger partial charge in [-0.3, -0.25) is 0 Å². The van der Waals surface area contributed by atoms with E-state index in [-0.39, 0.29) is 5.97 Å². The Kier molecular flexibility index (Phi) is 5.94. The van der Waals surface area contributed by atoms with E-state index in [2.05, 4.69) is 10.1 Å². The summed E-state index contributed by atoms with van der Waals surface area (Å²) in [5.41, 5.74) is 2.69. The minimum atomic E-state index is -0.304. The largest absolute Gasteiger partial charge is 0.466 e. The van der Waals surface area contributed by atoms with Gasteiger partial charge >= 0.3 is 5.97 Å². The Morgan fingerprint density at radius 3 is 2.72 bits per heavy atom. The van der Waals surface area contributed by atoms with Crippen molar-refractivity contribution in [2.24, 2.45) is 0 Å². The molecule has 0 unspecified atom stereocenters. The van der Waals surface area contributed by atoms with Crippen LogP contribution in [-0.4, -0.2) is 26.7 Å². The first-order valence-electron chi connectivity index (χ1n) is 5.74. The first kappa shape index (κ1) is 14.3. The number of benzene rings is 1. The Morgan fingerprint density at radius 2 is 2.06 bits per heavy atom. The van der Waals surface area contributed by atoms with Gasteiger partial charge in [-0.25, -0.2) is 4.79 Å². The van der Waals surface area contributed by atoms with Crippen molar-refractivity contribution < 1.29 is 14.3 Å². The summed E-state index contributed by atoms with van der Waals surface area (Å²) in [5, 5.41) is 3.24. The maximum atomic E-state index is 11.2. The number of ether oxygens (including phenoxy) is 2. The van der Waals surface area contributed by atoms with Crippen molar-refractivity contribution in [3.05, 3.63) is 41.5 Å². The first-order chi connectivity index (χ1) is 8.69. The zero-order chi connectivity index (χ0) is 13.4. The monoisotopic (exact) mass is 249 g/mol. The molecule has 0 radical (unpaired) electrons. The van der Waals surface area contributed by atoms with Gasteiger partial charge in [-0.15, -0.1) is 0 Å². The highest BCUT2D eigenvalue weighted by atomic mass is 16.5. The number of rotatable bonds is 6. The lowest BCUT2D eigenvalue weighted by Crippen LogP contribution is -2.06. The van der Waals surface area contributed by atoms with Crippen LogP contribution in [0.1, 0.15) is 12.5 Å². The molecule has 0 aromatic heterocycles. The lowest BCUT2D eigenvalue weighted by Gasteiger charge is -2.10. The summed E-state index contributed by atoms with van der Waals surface area (Å²) in [5.74, 6) is -0.304. The molecule has 0 amide bonds. The quantitative estimate of drug-likeness (QED) is 0.621. The van der Waals surface area contributed by atoms with E-state index in [4.69, 9.17) is 4.74 Å². The third kappa shape index (κ3) is 4.22. The molecule has 0 heterocycles. The van der Waals surface area contributed by atoms with E-state index in [9.17, 15) is 4.79 Å². The predicted molar refractivity (Wildman–Crippen MR) is 71.4 cm³/mol. The Morgan fingerprint density at radius 1 is 1.33 bits per heavy atom. The van der Waals surface area contributed by atoms with Gasteiger partial charge in [0.05, 0.1) is 13.7 Å². The zero-order valence-corrected chi connectivity index (χ0v) is 11.0. The number of methoxy groups -OCH3 is 2. The second-order valence-corrected chi connectivity index (χ2v) is 3.85. The molecular formula is C14H19NO3. The Bertz CT molecular complexity index is 427. The zero-order valence-electron chi connectivity index (χ0n) is 11.0. The molecule has 4 nitrogen and oxygen atoms in total.